The monoisotopic (exact) mass is 182 g/mol. The maximum Gasteiger partial charge on any atom is 0.150 e. The van der Waals surface area contributed by atoms with E-state index >= 15 is 0 Å². The summed E-state index contributed by atoms with van der Waals surface area (Å²) in [5.41, 5.74) is 0.0822. The number of nitriles is 1. The summed E-state index contributed by atoms with van der Waals surface area (Å²) in [5, 5.41) is 8.43. The lowest BCUT2D eigenvalue weighted by Crippen LogP contribution is -1.91. The molecule has 0 amide bonds. The summed E-state index contributed by atoms with van der Waals surface area (Å²) in [6.45, 7) is 3.34. The molecule has 60 valence electrons. The van der Waals surface area contributed by atoms with E-state index in [9.17, 15) is 4.39 Å². The molecule has 0 fully saturated rings. The standard InChI is InChI=1S/C8H4ClFN2/c1-2-7-6(10)3-5(4-11)8(9)12-7/h2-3H,1H2. The first-order valence-corrected chi connectivity index (χ1v) is 3.45. The summed E-state index contributed by atoms with van der Waals surface area (Å²) in [6.07, 6.45) is 1.24. The van der Waals surface area contributed by atoms with Crippen molar-refractivity contribution in [3.8, 4) is 6.07 Å². The molecule has 0 aliphatic heterocycles. The van der Waals surface area contributed by atoms with Gasteiger partial charge >= 0.3 is 0 Å². The van der Waals surface area contributed by atoms with Crippen LogP contribution in [0.4, 0.5) is 4.39 Å². The zero-order valence-corrected chi connectivity index (χ0v) is 6.77. The van der Waals surface area contributed by atoms with Crippen molar-refractivity contribution < 1.29 is 4.39 Å². The van der Waals surface area contributed by atoms with Crippen molar-refractivity contribution in [3.05, 3.63) is 34.9 Å². The first-order valence-electron chi connectivity index (χ1n) is 3.07. The molecule has 0 saturated heterocycles. The topological polar surface area (TPSA) is 36.7 Å². The lowest BCUT2D eigenvalue weighted by molar-refractivity contribution is 0.617. The second-order valence-corrected chi connectivity index (χ2v) is 2.37. The zero-order chi connectivity index (χ0) is 9.14. The van der Waals surface area contributed by atoms with E-state index in [0.29, 0.717) is 0 Å². The molecule has 2 nitrogen and oxygen atoms in total. The van der Waals surface area contributed by atoms with E-state index < -0.39 is 5.82 Å². The van der Waals surface area contributed by atoms with Crippen LogP contribution in [0.3, 0.4) is 0 Å². The van der Waals surface area contributed by atoms with Gasteiger partial charge in [-0.3, -0.25) is 0 Å². The Hall–Kier alpha value is -1.40. The average molecular weight is 183 g/mol. The summed E-state index contributed by atoms with van der Waals surface area (Å²) in [5.74, 6) is -0.592. The lowest BCUT2D eigenvalue weighted by atomic mass is 10.2. The van der Waals surface area contributed by atoms with E-state index in [1.807, 2.05) is 0 Å². The zero-order valence-electron chi connectivity index (χ0n) is 6.01. The molecule has 0 bridgehead atoms. The normalized spacial score (nSPS) is 9.08. The summed E-state index contributed by atoms with van der Waals surface area (Å²) < 4.78 is 12.9. The van der Waals surface area contributed by atoms with E-state index in [1.54, 1.807) is 6.07 Å². The maximum atomic E-state index is 12.9. The Labute approximate surface area is 73.9 Å². The van der Waals surface area contributed by atoms with Gasteiger partial charge in [-0.05, 0) is 12.1 Å². The Bertz CT molecular complexity index is 368. The molecule has 0 unspecified atom stereocenters. The second kappa shape index (κ2) is 3.33. The quantitative estimate of drug-likeness (QED) is 0.626. The maximum absolute atomic E-state index is 12.9. The van der Waals surface area contributed by atoms with Crippen LogP contribution in [0.5, 0.6) is 0 Å². The first-order chi connectivity index (χ1) is 5.69. The molecule has 0 radical (unpaired) electrons. The van der Waals surface area contributed by atoms with Gasteiger partial charge in [-0.15, -0.1) is 0 Å². The van der Waals surface area contributed by atoms with Crippen LogP contribution < -0.4 is 0 Å². The van der Waals surface area contributed by atoms with Crippen molar-refractivity contribution in [2.24, 2.45) is 0 Å². The largest absolute Gasteiger partial charge is 0.232 e. The highest BCUT2D eigenvalue weighted by molar-refractivity contribution is 6.30. The van der Waals surface area contributed by atoms with Gasteiger partial charge in [-0.2, -0.15) is 5.26 Å². The summed E-state index contributed by atoms with van der Waals surface area (Å²) in [7, 11) is 0. The van der Waals surface area contributed by atoms with Crippen LogP contribution in [-0.4, -0.2) is 4.98 Å². The van der Waals surface area contributed by atoms with E-state index in [-0.39, 0.29) is 16.4 Å². The van der Waals surface area contributed by atoms with E-state index in [4.69, 9.17) is 16.9 Å². The number of halogens is 2. The fraction of sp³-hybridized carbons (Fsp3) is 0. The minimum absolute atomic E-state index is 0.00574. The Morgan fingerprint density at radius 1 is 1.75 bits per heavy atom. The van der Waals surface area contributed by atoms with Crippen molar-refractivity contribution in [3.63, 3.8) is 0 Å². The third-order valence-corrected chi connectivity index (χ3v) is 1.56. The number of nitrogens with zero attached hydrogens (tertiary/aromatic N) is 2. The van der Waals surface area contributed by atoms with Crippen molar-refractivity contribution in [2.75, 3.05) is 0 Å². The van der Waals surface area contributed by atoms with Crippen LogP contribution in [0.1, 0.15) is 11.3 Å². The van der Waals surface area contributed by atoms with Gasteiger partial charge in [0.15, 0.2) is 0 Å². The Kier molecular flexibility index (Phi) is 2.41. The fourth-order valence-corrected chi connectivity index (χ4v) is 0.889. The molecule has 0 aliphatic carbocycles. The summed E-state index contributed by atoms with van der Waals surface area (Å²) >= 11 is 5.53. The number of hydrogen-bond acceptors (Lipinski definition) is 2. The third kappa shape index (κ3) is 1.44. The van der Waals surface area contributed by atoms with Crippen molar-refractivity contribution in [1.29, 1.82) is 5.26 Å². The molecular weight excluding hydrogens is 179 g/mol. The molecule has 12 heavy (non-hydrogen) atoms. The molecule has 1 aromatic heterocycles. The van der Waals surface area contributed by atoms with Crippen LogP contribution in [0, 0.1) is 17.1 Å². The smallest absolute Gasteiger partial charge is 0.150 e. The highest BCUT2D eigenvalue weighted by Crippen LogP contribution is 2.16. The minimum atomic E-state index is -0.592. The van der Waals surface area contributed by atoms with Crippen molar-refractivity contribution >= 4 is 17.7 Å². The van der Waals surface area contributed by atoms with Gasteiger partial charge < -0.3 is 0 Å². The first kappa shape index (κ1) is 8.69. The van der Waals surface area contributed by atoms with Gasteiger partial charge in [0.25, 0.3) is 0 Å². The van der Waals surface area contributed by atoms with Crippen molar-refractivity contribution in [1.82, 2.24) is 4.98 Å². The highest BCUT2D eigenvalue weighted by Gasteiger charge is 2.06. The molecule has 0 saturated carbocycles. The third-order valence-electron chi connectivity index (χ3n) is 1.27. The molecule has 4 heteroatoms. The van der Waals surface area contributed by atoms with Crippen LogP contribution in [0.2, 0.25) is 5.15 Å². The average Bonchev–Trinajstić information content (AvgIpc) is 2.08. The van der Waals surface area contributed by atoms with Crippen LogP contribution in [-0.2, 0) is 0 Å². The summed E-state index contributed by atoms with van der Waals surface area (Å²) in [4.78, 5) is 3.61. The Morgan fingerprint density at radius 2 is 2.42 bits per heavy atom. The van der Waals surface area contributed by atoms with Gasteiger partial charge in [-0.1, -0.05) is 18.2 Å². The number of aromatic nitrogens is 1. The molecule has 1 rings (SSSR count). The van der Waals surface area contributed by atoms with E-state index in [1.165, 1.54) is 6.08 Å². The lowest BCUT2D eigenvalue weighted by Gasteiger charge is -1.97. The molecule has 0 N–H and O–H groups in total. The van der Waals surface area contributed by atoms with Gasteiger partial charge in [-0.25, -0.2) is 9.37 Å². The molecule has 1 aromatic rings. The molecular formula is C8H4ClFN2. The fourth-order valence-electron chi connectivity index (χ4n) is 0.701. The van der Waals surface area contributed by atoms with Crippen LogP contribution >= 0.6 is 11.6 Å². The number of rotatable bonds is 1. The van der Waals surface area contributed by atoms with Gasteiger partial charge in [0.05, 0.1) is 11.3 Å². The predicted molar refractivity (Wildman–Crippen MR) is 44.0 cm³/mol. The van der Waals surface area contributed by atoms with E-state index in [2.05, 4.69) is 11.6 Å². The van der Waals surface area contributed by atoms with Crippen molar-refractivity contribution in [2.45, 2.75) is 0 Å². The van der Waals surface area contributed by atoms with Crippen LogP contribution in [0.15, 0.2) is 12.6 Å². The summed E-state index contributed by atoms with van der Waals surface area (Å²) in [6, 6.07) is 2.75. The Morgan fingerprint density at radius 3 is 2.92 bits per heavy atom. The molecule has 1 heterocycles. The Balaban J connectivity index is 3.38. The number of hydrogen-bond donors (Lipinski definition) is 0. The minimum Gasteiger partial charge on any atom is -0.232 e. The van der Waals surface area contributed by atoms with Crippen LogP contribution in [0.25, 0.3) is 6.08 Å². The second-order valence-electron chi connectivity index (χ2n) is 2.01. The highest BCUT2D eigenvalue weighted by atomic mass is 35.5. The molecule has 0 aliphatic rings. The number of pyridine rings is 1. The SMILES string of the molecule is C=Cc1nc(Cl)c(C#N)cc1F. The molecule has 0 spiro atoms. The van der Waals surface area contributed by atoms with Gasteiger partial charge in [0, 0.05) is 0 Å². The molecule has 0 atom stereocenters. The van der Waals surface area contributed by atoms with E-state index in [0.717, 1.165) is 6.07 Å². The molecule has 0 aromatic carbocycles. The van der Waals surface area contributed by atoms with Gasteiger partial charge in [0.2, 0.25) is 0 Å². The predicted octanol–water partition coefficient (Wildman–Crippen LogP) is 2.39. The van der Waals surface area contributed by atoms with Gasteiger partial charge in [0.1, 0.15) is 17.0 Å².